The van der Waals surface area contributed by atoms with Gasteiger partial charge in [-0.15, -0.1) is 0 Å². The first kappa shape index (κ1) is 20.7. The number of hydrogen-bond acceptors (Lipinski definition) is 0. The first-order chi connectivity index (χ1) is 15.0. The van der Waals surface area contributed by atoms with E-state index in [0.717, 1.165) is 30.0 Å². The molecule has 0 spiro atoms. The summed E-state index contributed by atoms with van der Waals surface area (Å²) in [6.07, 6.45) is 2.07. The predicted octanol–water partition coefficient (Wildman–Crippen LogP) is 7.42. The van der Waals surface area contributed by atoms with Crippen molar-refractivity contribution < 1.29 is 17.6 Å². The third-order valence-corrected chi connectivity index (χ3v) is 5.11. The molecule has 0 N–H and O–H groups in total. The fourth-order valence-corrected chi connectivity index (χ4v) is 3.47. The molecule has 0 atom stereocenters. The average Bonchev–Trinajstić information content (AvgIpc) is 2.77. The lowest BCUT2D eigenvalue weighted by Gasteiger charge is -2.05. The van der Waals surface area contributed by atoms with Crippen molar-refractivity contribution in [3.8, 4) is 23.0 Å². The Labute approximate surface area is 178 Å². The van der Waals surface area contributed by atoms with E-state index in [-0.39, 0.29) is 16.3 Å². The topological polar surface area (TPSA) is 0 Å². The zero-order chi connectivity index (χ0) is 22.0. The van der Waals surface area contributed by atoms with E-state index in [0.29, 0.717) is 5.56 Å². The van der Waals surface area contributed by atoms with Gasteiger partial charge >= 0.3 is 0 Å². The summed E-state index contributed by atoms with van der Waals surface area (Å²) < 4.78 is 55.3. The van der Waals surface area contributed by atoms with Crippen molar-refractivity contribution in [1.82, 2.24) is 0 Å². The van der Waals surface area contributed by atoms with E-state index in [1.54, 1.807) is 12.1 Å². The Morgan fingerprint density at radius 3 is 2.13 bits per heavy atom. The summed E-state index contributed by atoms with van der Waals surface area (Å²) in [5.74, 6) is 1.09. The van der Waals surface area contributed by atoms with Crippen LogP contribution in [0, 0.1) is 35.1 Å². The molecule has 0 aromatic heterocycles. The minimum atomic E-state index is -1.51. The maximum atomic E-state index is 14.6. The van der Waals surface area contributed by atoms with Crippen molar-refractivity contribution >= 4 is 10.8 Å². The molecule has 0 radical (unpaired) electrons. The molecule has 0 aliphatic carbocycles. The molecule has 4 aromatic carbocycles. The number of fused-ring (bicyclic) bond motifs is 1. The summed E-state index contributed by atoms with van der Waals surface area (Å²) in [5, 5.41) is 0.149. The van der Waals surface area contributed by atoms with E-state index in [1.807, 2.05) is 24.3 Å². The average molecular weight is 418 g/mol. The van der Waals surface area contributed by atoms with E-state index in [2.05, 4.69) is 18.8 Å². The van der Waals surface area contributed by atoms with Crippen LogP contribution >= 0.6 is 0 Å². The number of rotatable bonds is 3. The Morgan fingerprint density at radius 2 is 1.42 bits per heavy atom. The molecule has 0 nitrogen and oxygen atoms in total. The number of aryl methyl sites for hydroxylation is 1. The molecule has 4 aromatic rings. The minimum absolute atomic E-state index is 0.0371. The van der Waals surface area contributed by atoms with Crippen LogP contribution in [0.4, 0.5) is 17.6 Å². The fourth-order valence-electron chi connectivity index (χ4n) is 3.47. The van der Waals surface area contributed by atoms with Gasteiger partial charge in [0, 0.05) is 10.9 Å². The van der Waals surface area contributed by atoms with Crippen LogP contribution in [0.25, 0.3) is 21.9 Å². The van der Waals surface area contributed by atoms with Gasteiger partial charge < -0.3 is 0 Å². The van der Waals surface area contributed by atoms with Crippen LogP contribution in [0.1, 0.15) is 30.0 Å². The Kier molecular flexibility index (Phi) is 5.77. The van der Waals surface area contributed by atoms with Crippen molar-refractivity contribution in [3.05, 3.63) is 107 Å². The molecule has 0 fully saturated rings. The molecule has 0 amide bonds. The lowest BCUT2D eigenvalue weighted by atomic mass is 10.0. The van der Waals surface area contributed by atoms with Gasteiger partial charge in [-0.2, -0.15) is 0 Å². The molecule has 0 bridgehead atoms. The Hall–Kier alpha value is -3.58. The van der Waals surface area contributed by atoms with Crippen LogP contribution in [-0.2, 0) is 6.42 Å². The normalized spacial score (nSPS) is 10.7. The zero-order valence-electron chi connectivity index (χ0n) is 16.8. The quantitative estimate of drug-likeness (QED) is 0.185. The summed E-state index contributed by atoms with van der Waals surface area (Å²) in [4.78, 5) is 0. The first-order valence-electron chi connectivity index (χ1n) is 9.94. The van der Waals surface area contributed by atoms with Gasteiger partial charge in [0.1, 0.15) is 5.82 Å². The molecule has 0 heterocycles. The van der Waals surface area contributed by atoms with E-state index in [9.17, 15) is 17.6 Å². The highest BCUT2D eigenvalue weighted by molar-refractivity contribution is 5.84. The van der Waals surface area contributed by atoms with Crippen LogP contribution in [0.3, 0.4) is 0 Å². The predicted molar refractivity (Wildman–Crippen MR) is 116 cm³/mol. The van der Waals surface area contributed by atoms with Gasteiger partial charge in [0.2, 0.25) is 0 Å². The maximum absolute atomic E-state index is 14.6. The standard InChI is InChI=1S/C27H18F4/c1-2-3-17-4-8-19(9-5-17)21-12-11-20(24(28)15-21)10-6-18-7-13-23-22(14-18)16-25(29)27(31)26(23)30/h4-5,7-9,11-16H,2-3H2,1H3. The highest BCUT2D eigenvalue weighted by Crippen LogP contribution is 2.25. The number of hydrogen-bond donors (Lipinski definition) is 0. The van der Waals surface area contributed by atoms with Gasteiger partial charge in [-0.3, -0.25) is 0 Å². The van der Waals surface area contributed by atoms with Gasteiger partial charge in [0.25, 0.3) is 0 Å². The van der Waals surface area contributed by atoms with Gasteiger partial charge in [-0.25, -0.2) is 17.6 Å². The summed E-state index contributed by atoms with van der Waals surface area (Å²) in [6, 6.07) is 18.1. The van der Waals surface area contributed by atoms with Crippen molar-refractivity contribution in [3.63, 3.8) is 0 Å². The van der Waals surface area contributed by atoms with Crippen molar-refractivity contribution in [2.45, 2.75) is 19.8 Å². The van der Waals surface area contributed by atoms with Gasteiger partial charge in [-0.05, 0) is 58.8 Å². The summed E-state index contributed by atoms with van der Waals surface area (Å²) in [5.41, 5.74) is 3.57. The Bertz CT molecular complexity index is 1330. The summed E-state index contributed by atoms with van der Waals surface area (Å²) in [7, 11) is 0. The number of benzene rings is 4. The van der Waals surface area contributed by atoms with Crippen LogP contribution < -0.4 is 0 Å². The van der Waals surface area contributed by atoms with Crippen LogP contribution in [0.2, 0.25) is 0 Å². The molecule has 0 aliphatic rings. The molecule has 31 heavy (non-hydrogen) atoms. The highest BCUT2D eigenvalue weighted by atomic mass is 19.2. The molecule has 0 saturated carbocycles. The van der Waals surface area contributed by atoms with Crippen LogP contribution in [0.15, 0.2) is 66.7 Å². The molecular weight excluding hydrogens is 400 g/mol. The second kappa shape index (κ2) is 8.65. The third-order valence-electron chi connectivity index (χ3n) is 5.11. The van der Waals surface area contributed by atoms with E-state index in [1.165, 1.54) is 29.8 Å². The van der Waals surface area contributed by atoms with Crippen LogP contribution in [-0.4, -0.2) is 0 Å². The van der Waals surface area contributed by atoms with E-state index in [4.69, 9.17) is 0 Å². The number of halogens is 4. The van der Waals surface area contributed by atoms with Crippen molar-refractivity contribution in [2.24, 2.45) is 0 Å². The van der Waals surface area contributed by atoms with E-state index >= 15 is 0 Å². The molecule has 4 rings (SSSR count). The third kappa shape index (κ3) is 4.32. The summed E-state index contributed by atoms with van der Waals surface area (Å²) >= 11 is 0. The monoisotopic (exact) mass is 418 g/mol. The maximum Gasteiger partial charge on any atom is 0.195 e. The molecule has 0 unspecified atom stereocenters. The lowest BCUT2D eigenvalue weighted by molar-refractivity contribution is 0.453. The first-order valence-corrected chi connectivity index (χ1v) is 9.94. The van der Waals surface area contributed by atoms with Gasteiger partial charge in [0.05, 0.1) is 5.56 Å². The lowest BCUT2D eigenvalue weighted by Crippen LogP contribution is -1.92. The second-order valence-corrected chi connectivity index (χ2v) is 7.31. The minimum Gasteiger partial charge on any atom is -0.206 e. The Balaban J connectivity index is 1.61. The SMILES string of the molecule is CCCc1ccc(-c2ccc(C#Cc3ccc4c(F)c(F)c(F)cc4c3)c(F)c2)cc1. The summed E-state index contributed by atoms with van der Waals surface area (Å²) in [6.45, 7) is 2.12. The van der Waals surface area contributed by atoms with Crippen molar-refractivity contribution in [2.75, 3.05) is 0 Å². The van der Waals surface area contributed by atoms with Crippen molar-refractivity contribution in [1.29, 1.82) is 0 Å². The molecule has 0 saturated heterocycles. The molecule has 4 heteroatoms. The van der Waals surface area contributed by atoms with Crippen LogP contribution in [0.5, 0.6) is 0 Å². The molecular formula is C27H18F4. The molecule has 154 valence electrons. The Morgan fingerprint density at radius 1 is 0.677 bits per heavy atom. The highest BCUT2D eigenvalue weighted by Gasteiger charge is 2.13. The van der Waals surface area contributed by atoms with Gasteiger partial charge in [-0.1, -0.05) is 61.6 Å². The smallest absolute Gasteiger partial charge is 0.195 e. The van der Waals surface area contributed by atoms with Gasteiger partial charge in [0.15, 0.2) is 17.5 Å². The van der Waals surface area contributed by atoms with E-state index < -0.39 is 23.3 Å². The second-order valence-electron chi connectivity index (χ2n) is 7.31. The fraction of sp³-hybridized carbons (Fsp3) is 0.111. The largest absolute Gasteiger partial charge is 0.206 e. The molecule has 0 aliphatic heterocycles. The zero-order valence-corrected chi connectivity index (χ0v) is 16.8.